The number of hydrogen-bond acceptors (Lipinski definition) is 3. The Morgan fingerprint density at radius 2 is 1.67 bits per heavy atom. The molecule has 2 rings (SSSR count). The molecule has 2 aliphatic rings. The molecular formula is C16H29N3O2. The van der Waals surface area contributed by atoms with Crippen molar-refractivity contribution in [3.63, 3.8) is 0 Å². The van der Waals surface area contributed by atoms with Crippen LogP contribution in [0.3, 0.4) is 0 Å². The maximum absolute atomic E-state index is 12.7. The molecule has 0 aromatic rings. The Kier molecular flexibility index (Phi) is 5.25. The van der Waals surface area contributed by atoms with Crippen molar-refractivity contribution in [2.75, 3.05) is 27.2 Å². The molecule has 0 aliphatic carbocycles. The van der Waals surface area contributed by atoms with Crippen LogP contribution in [-0.4, -0.2) is 71.8 Å². The molecule has 0 saturated carbocycles. The van der Waals surface area contributed by atoms with Crippen molar-refractivity contribution in [2.24, 2.45) is 0 Å². The molecule has 2 aliphatic heterocycles. The summed E-state index contributed by atoms with van der Waals surface area (Å²) in [5.74, 6) is 0.313. The van der Waals surface area contributed by atoms with Gasteiger partial charge in [0.1, 0.15) is 0 Å². The first-order valence-corrected chi connectivity index (χ1v) is 8.18. The number of piperidine rings is 1. The van der Waals surface area contributed by atoms with Gasteiger partial charge in [0.2, 0.25) is 11.8 Å². The monoisotopic (exact) mass is 295 g/mol. The number of nitrogens with zero attached hydrogens (tertiary/aromatic N) is 3. The van der Waals surface area contributed by atoms with Crippen molar-refractivity contribution in [1.82, 2.24) is 14.7 Å². The predicted molar refractivity (Wildman–Crippen MR) is 82.9 cm³/mol. The number of carbonyl (C=O) groups is 2. The normalized spacial score (nSPS) is 30.5. The maximum atomic E-state index is 12.7. The Morgan fingerprint density at radius 1 is 1.05 bits per heavy atom. The minimum atomic E-state index is -0.112. The van der Waals surface area contributed by atoms with E-state index in [4.69, 9.17) is 0 Å². The van der Waals surface area contributed by atoms with E-state index in [1.54, 1.807) is 19.0 Å². The molecule has 0 N–H and O–H groups in total. The van der Waals surface area contributed by atoms with Crippen LogP contribution in [-0.2, 0) is 9.59 Å². The van der Waals surface area contributed by atoms with E-state index in [9.17, 15) is 9.59 Å². The zero-order valence-corrected chi connectivity index (χ0v) is 13.8. The van der Waals surface area contributed by atoms with Crippen molar-refractivity contribution in [3.05, 3.63) is 0 Å². The van der Waals surface area contributed by atoms with Crippen LogP contribution in [0.5, 0.6) is 0 Å². The zero-order chi connectivity index (χ0) is 15.6. The molecule has 0 radical (unpaired) electrons. The highest BCUT2D eigenvalue weighted by Crippen LogP contribution is 2.24. The molecule has 0 spiro atoms. The van der Waals surface area contributed by atoms with E-state index >= 15 is 0 Å². The SMILES string of the molecule is C[C@@H]1CCC[C@@H](C)N1C(=O)CN1CCC[C@H]1C(=O)N(C)C. The standard InChI is InChI=1S/C16H29N3O2/c1-12-7-5-8-13(2)19(12)15(20)11-18-10-6-9-14(18)16(21)17(3)4/h12-14H,5-11H2,1-4H3/t12-,13-,14+/m1/s1. The van der Waals surface area contributed by atoms with Crippen LogP contribution in [0.15, 0.2) is 0 Å². The van der Waals surface area contributed by atoms with Crippen molar-refractivity contribution < 1.29 is 9.59 Å². The summed E-state index contributed by atoms with van der Waals surface area (Å²) >= 11 is 0. The van der Waals surface area contributed by atoms with Crippen molar-refractivity contribution in [1.29, 1.82) is 0 Å². The molecule has 2 amide bonds. The van der Waals surface area contributed by atoms with Gasteiger partial charge in [-0.1, -0.05) is 0 Å². The van der Waals surface area contributed by atoms with Crippen molar-refractivity contribution in [3.8, 4) is 0 Å². The molecule has 5 heteroatoms. The molecule has 5 nitrogen and oxygen atoms in total. The first-order chi connectivity index (χ1) is 9.91. The highest BCUT2D eigenvalue weighted by atomic mass is 16.2. The van der Waals surface area contributed by atoms with Crippen LogP contribution < -0.4 is 0 Å². The number of amides is 2. The smallest absolute Gasteiger partial charge is 0.239 e. The summed E-state index contributed by atoms with van der Waals surface area (Å²) in [5, 5.41) is 0. The molecule has 0 unspecified atom stereocenters. The summed E-state index contributed by atoms with van der Waals surface area (Å²) in [6.45, 7) is 5.52. The van der Waals surface area contributed by atoms with Gasteiger partial charge in [-0.3, -0.25) is 14.5 Å². The Hall–Kier alpha value is -1.10. The topological polar surface area (TPSA) is 43.9 Å². The van der Waals surface area contributed by atoms with E-state index < -0.39 is 0 Å². The van der Waals surface area contributed by atoms with E-state index in [0.29, 0.717) is 18.6 Å². The summed E-state index contributed by atoms with van der Waals surface area (Å²) in [5.41, 5.74) is 0. The van der Waals surface area contributed by atoms with E-state index in [-0.39, 0.29) is 17.9 Å². The number of likely N-dealkylation sites (tertiary alicyclic amines) is 2. The van der Waals surface area contributed by atoms with E-state index in [2.05, 4.69) is 18.7 Å². The average Bonchev–Trinajstić information content (AvgIpc) is 2.85. The predicted octanol–water partition coefficient (Wildman–Crippen LogP) is 1.33. The van der Waals surface area contributed by atoms with Gasteiger partial charge < -0.3 is 9.80 Å². The summed E-state index contributed by atoms with van der Waals surface area (Å²) in [6.07, 6.45) is 5.27. The van der Waals surface area contributed by atoms with Crippen LogP contribution in [0.2, 0.25) is 0 Å². The van der Waals surface area contributed by atoms with Gasteiger partial charge in [-0.25, -0.2) is 0 Å². The Labute approximate surface area is 128 Å². The summed E-state index contributed by atoms with van der Waals surface area (Å²) in [4.78, 5) is 30.6. The van der Waals surface area contributed by atoms with Crippen molar-refractivity contribution >= 4 is 11.8 Å². The molecule has 120 valence electrons. The lowest BCUT2D eigenvalue weighted by Gasteiger charge is -2.40. The minimum Gasteiger partial charge on any atom is -0.347 e. The van der Waals surface area contributed by atoms with Gasteiger partial charge in [0, 0.05) is 26.2 Å². The molecule has 0 aromatic carbocycles. The molecule has 2 fully saturated rings. The fraction of sp³-hybridized carbons (Fsp3) is 0.875. The van der Waals surface area contributed by atoms with Crippen molar-refractivity contribution in [2.45, 2.75) is 64.1 Å². The van der Waals surface area contributed by atoms with Crippen LogP contribution in [0, 0.1) is 0 Å². The van der Waals surface area contributed by atoms with Gasteiger partial charge >= 0.3 is 0 Å². The third kappa shape index (κ3) is 3.57. The fourth-order valence-corrected chi connectivity index (χ4v) is 3.76. The summed E-state index contributed by atoms with van der Waals surface area (Å²) in [7, 11) is 3.57. The highest BCUT2D eigenvalue weighted by molar-refractivity contribution is 5.84. The summed E-state index contributed by atoms with van der Waals surface area (Å²) < 4.78 is 0. The third-order valence-electron chi connectivity index (χ3n) is 4.91. The average molecular weight is 295 g/mol. The van der Waals surface area contributed by atoms with Gasteiger partial charge in [0.05, 0.1) is 12.6 Å². The van der Waals surface area contributed by atoms with Crippen LogP contribution >= 0.6 is 0 Å². The molecule has 0 aromatic heterocycles. The van der Waals surface area contributed by atoms with Crippen LogP contribution in [0.1, 0.15) is 46.0 Å². The van der Waals surface area contributed by atoms with Gasteiger partial charge in [-0.05, 0) is 52.5 Å². The number of rotatable bonds is 3. The lowest BCUT2D eigenvalue weighted by atomic mass is 9.97. The largest absolute Gasteiger partial charge is 0.347 e. The van der Waals surface area contributed by atoms with Gasteiger partial charge in [-0.15, -0.1) is 0 Å². The molecule has 2 saturated heterocycles. The molecule has 21 heavy (non-hydrogen) atoms. The van der Waals surface area contributed by atoms with Gasteiger partial charge in [0.15, 0.2) is 0 Å². The van der Waals surface area contributed by atoms with E-state index in [0.717, 1.165) is 32.2 Å². The lowest BCUT2D eigenvalue weighted by Crippen LogP contribution is -2.53. The second-order valence-electron chi connectivity index (χ2n) is 6.79. The molecule has 2 heterocycles. The van der Waals surface area contributed by atoms with Crippen LogP contribution in [0.25, 0.3) is 0 Å². The lowest BCUT2D eigenvalue weighted by molar-refractivity contribution is -0.140. The second-order valence-corrected chi connectivity index (χ2v) is 6.79. The Balaban J connectivity index is 1.99. The maximum Gasteiger partial charge on any atom is 0.239 e. The number of carbonyl (C=O) groups excluding carboxylic acids is 2. The quantitative estimate of drug-likeness (QED) is 0.789. The molecular weight excluding hydrogens is 266 g/mol. The van der Waals surface area contributed by atoms with E-state index in [1.807, 2.05) is 4.90 Å². The first-order valence-electron chi connectivity index (χ1n) is 8.18. The van der Waals surface area contributed by atoms with Crippen LogP contribution in [0.4, 0.5) is 0 Å². The minimum absolute atomic E-state index is 0.112. The number of likely N-dealkylation sites (N-methyl/N-ethyl adjacent to an activating group) is 1. The van der Waals surface area contributed by atoms with E-state index in [1.165, 1.54) is 6.42 Å². The fourth-order valence-electron chi connectivity index (χ4n) is 3.76. The first kappa shape index (κ1) is 16.3. The van der Waals surface area contributed by atoms with Gasteiger partial charge in [0.25, 0.3) is 0 Å². The summed E-state index contributed by atoms with van der Waals surface area (Å²) in [6, 6.07) is 0.540. The zero-order valence-electron chi connectivity index (χ0n) is 13.8. The third-order valence-corrected chi connectivity index (χ3v) is 4.91. The highest BCUT2D eigenvalue weighted by Gasteiger charge is 2.36. The Morgan fingerprint density at radius 3 is 2.24 bits per heavy atom. The number of hydrogen-bond donors (Lipinski definition) is 0. The second kappa shape index (κ2) is 6.77. The Bertz CT molecular complexity index is 387. The molecule has 0 bridgehead atoms. The molecule has 3 atom stereocenters. The van der Waals surface area contributed by atoms with Gasteiger partial charge in [-0.2, -0.15) is 0 Å².